The number of ether oxygens (including phenoxy) is 1. The molecule has 0 unspecified atom stereocenters. The van der Waals surface area contributed by atoms with Gasteiger partial charge >= 0.3 is 0 Å². The molecule has 0 bridgehead atoms. The standard InChI is InChI=1S/C18H20FN3OS/c1-23-15-4-3-14(19)16-17(15)21-10-13(9-20)18(16)22-7-5-12(6-8-22)11-24-2/h3-4,10,12H,5-8,11H2,1-2H3. The monoisotopic (exact) mass is 345 g/mol. The summed E-state index contributed by atoms with van der Waals surface area (Å²) in [5.41, 5.74) is 1.54. The Labute approximate surface area is 145 Å². The lowest BCUT2D eigenvalue weighted by Crippen LogP contribution is -2.35. The van der Waals surface area contributed by atoms with E-state index in [4.69, 9.17) is 4.74 Å². The molecule has 0 atom stereocenters. The highest BCUT2D eigenvalue weighted by Crippen LogP contribution is 2.37. The third-order valence-electron chi connectivity index (χ3n) is 4.58. The van der Waals surface area contributed by atoms with Crippen molar-refractivity contribution in [1.29, 1.82) is 5.26 Å². The van der Waals surface area contributed by atoms with Crippen LogP contribution in [0.1, 0.15) is 18.4 Å². The molecule has 0 radical (unpaired) electrons. The number of nitriles is 1. The summed E-state index contributed by atoms with van der Waals surface area (Å²) in [6.45, 7) is 1.66. The minimum atomic E-state index is -0.364. The number of methoxy groups -OCH3 is 1. The molecule has 0 saturated carbocycles. The number of hydrogen-bond donors (Lipinski definition) is 0. The van der Waals surface area contributed by atoms with Crippen LogP contribution in [0.25, 0.3) is 10.9 Å². The van der Waals surface area contributed by atoms with Crippen molar-refractivity contribution in [2.45, 2.75) is 12.8 Å². The van der Waals surface area contributed by atoms with E-state index in [0.717, 1.165) is 31.7 Å². The van der Waals surface area contributed by atoms with Crippen molar-refractivity contribution < 1.29 is 9.13 Å². The van der Waals surface area contributed by atoms with Crippen molar-refractivity contribution in [3.05, 3.63) is 29.7 Å². The van der Waals surface area contributed by atoms with Gasteiger partial charge in [0.05, 0.1) is 23.7 Å². The van der Waals surface area contributed by atoms with Crippen LogP contribution in [-0.4, -0.2) is 37.2 Å². The van der Waals surface area contributed by atoms with Gasteiger partial charge in [-0.15, -0.1) is 0 Å². The number of nitrogens with zero attached hydrogens (tertiary/aromatic N) is 3. The lowest BCUT2D eigenvalue weighted by Gasteiger charge is -2.34. The minimum Gasteiger partial charge on any atom is -0.494 e. The highest BCUT2D eigenvalue weighted by Gasteiger charge is 2.25. The largest absolute Gasteiger partial charge is 0.494 e. The molecule has 0 N–H and O–H groups in total. The van der Waals surface area contributed by atoms with E-state index in [1.807, 2.05) is 11.8 Å². The van der Waals surface area contributed by atoms with Crippen LogP contribution in [0.2, 0.25) is 0 Å². The summed E-state index contributed by atoms with van der Waals surface area (Å²) in [7, 11) is 1.54. The van der Waals surface area contributed by atoms with Gasteiger partial charge in [-0.3, -0.25) is 4.98 Å². The molecular weight excluding hydrogens is 325 g/mol. The maximum Gasteiger partial charge on any atom is 0.145 e. The summed E-state index contributed by atoms with van der Waals surface area (Å²) in [5.74, 6) is 2.00. The molecule has 0 aliphatic carbocycles. The Morgan fingerprint density at radius 3 is 2.79 bits per heavy atom. The first-order chi connectivity index (χ1) is 11.7. The smallest absolute Gasteiger partial charge is 0.145 e. The fourth-order valence-electron chi connectivity index (χ4n) is 3.36. The van der Waals surface area contributed by atoms with Gasteiger partial charge < -0.3 is 9.64 Å². The Hall–Kier alpha value is -2.00. The van der Waals surface area contributed by atoms with Crippen LogP contribution in [0, 0.1) is 23.1 Å². The van der Waals surface area contributed by atoms with Gasteiger partial charge in [-0.25, -0.2) is 4.39 Å². The first-order valence-corrected chi connectivity index (χ1v) is 9.38. The highest BCUT2D eigenvalue weighted by atomic mass is 32.2. The molecule has 1 fully saturated rings. The topological polar surface area (TPSA) is 49.1 Å². The second-order valence-electron chi connectivity index (χ2n) is 5.99. The molecule has 1 aliphatic rings. The van der Waals surface area contributed by atoms with E-state index in [0.29, 0.717) is 33.8 Å². The first-order valence-electron chi connectivity index (χ1n) is 7.98. The zero-order chi connectivity index (χ0) is 17.1. The van der Waals surface area contributed by atoms with Crippen molar-refractivity contribution in [3.63, 3.8) is 0 Å². The fourth-order valence-corrected chi connectivity index (χ4v) is 4.16. The highest BCUT2D eigenvalue weighted by molar-refractivity contribution is 7.98. The molecule has 0 amide bonds. The van der Waals surface area contributed by atoms with Crippen LogP contribution in [0.3, 0.4) is 0 Å². The van der Waals surface area contributed by atoms with Crippen molar-refractivity contribution in [3.8, 4) is 11.8 Å². The second kappa shape index (κ2) is 7.27. The van der Waals surface area contributed by atoms with Gasteiger partial charge in [0.15, 0.2) is 0 Å². The number of piperidine rings is 1. The van der Waals surface area contributed by atoms with Crippen LogP contribution in [-0.2, 0) is 0 Å². The molecule has 3 rings (SSSR count). The van der Waals surface area contributed by atoms with Crippen molar-refractivity contribution in [1.82, 2.24) is 4.98 Å². The molecule has 2 aromatic rings. The summed E-state index contributed by atoms with van der Waals surface area (Å²) in [5, 5.41) is 9.87. The zero-order valence-electron chi connectivity index (χ0n) is 13.9. The molecule has 0 spiro atoms. The number of anilines is 1. The number of thioether (sulfide) groups is 1. The Morgan fingerprint density at radius 1 is 1.42 bits per heavy atom. The van der Waals surface area contributed by atoms with Gasteiger partial charge in [0.2, 0.25) is 0 Å². The van der Waals surface area contributed by atoms with Crippen LogP contribution < -0.4 is 9.64 Å². The van der Waals surface area contributed by atoms with Gasteiger partial charge in [0.25, 0.3) is 0 Å². The third-order valence-corrected chi connectivity index (χ3v) is 5.38. The number of halogens is 1. The maximum atomic E-state index is 14.6. The van der Waals surface area contributed by atoms with E-state index in [2.05, 4.69) is 22.2 Å². The molecule has 1 aliphatic heterocycles. The van der Waals surface area contributed by atoms with Gasteiger partial charge in [0, 0.05) is 19.3 Å². The minimum absolute atomic E-state index is 0.364. The molecule has 4 nitrogen and oxygen atoms in total. The van der Waals surface area contributed by atoms with Crippen molar-refractivity contribution in [2.24, 2.45) is 5.92 Å². The number of pyridine rings is 1. The summed E-state index contributed by atoms with van der Waals surface area (Å²) in [6.07, 6.45) is 5.76. The van der Waals surface area contributed by atoms with E-state index >= 15 is 0 Å². The molecule has 1 aromatic heterocycles. The summed E-state index contributed by atoms with van der Waals surface area (Å²) >= 11 is 1.87. The fraction of sp³-hybridized carbons (Fsp3) is 0.444. The normalized spacial score (nSPS) is 15.5. The number of benzene rings is 1. The van der Waals surface area contributed by atoms with Gasteiger partial charge in [-0.1, -0.05) is 0 Å². The van der Waals surface area contributed by atoms with Crippen LogP contribution >= 0.6 is 11.8 Å². The summed E-state index contributed by atoms with van der Waals surface area (Å²) in [4.78, 5) is 6.39. The van der Waals surface area contributed by atoms with E-state index in [9.17, 15) is 9.65 Å². The third kappa shape index (κ3) is 3.01. The van der Waals surface area contributed by atoms with Crippen molar-refractivity contribution >= 4 is 28.4 Å². The Balaban J connectivity index is 2.08. The Kier molecular flexibility index (Phi) is 5.10. The SMILES string of the molecule is COc1ccc(F)c2c(N3CCC(CSC)CC3)c(C#N)cnc12. The molecule has 126 valence electrons. The van der Waals surface area contributed by atoms with E-state index in [-0.39, 0.29) is 5.82 Å². The lowest BCUT2D eigenvalue weighted by atomic mass is 9.97. The Bertz CT molecular complexity index is 782. The first kappa shape index (κ1) is 16.8. The lowest BCUT2D eigenvalue weighted by molar-refractivity contribution is 0.418. The van der Waals surface area contributed by atoms with Crippen LogP contribution in [0.15, 0.2) is 18.3 Å². The van der Waals surface area contributed by atoms with Gasteiger partial charge in [-0.2, -0.15) is 17.0 Å². The molecule has 1 aromatic carbocycles. The number of hydrogen-bond acceptors (Lipinski definition) is 5. The van der Waals surface area contributed by atoms with Crippen LogP contribution in [0.5, 0.6) is 5.75 Å². The number of aromatic nitrogens is 1. The average molecular weight is 345 g/mol. The van der Waals surface area contributed by atoms with Crippen LogP contribution in [0.4, 0.5) is 10.1 Å². The van der Waals surface area contributed by atoms with E-state index in [1.54, 1.807) is 13.2 Å². The predicted octanol–water partition coefficient (Wildman–Crippen LogP) is 3.83. The number of rotatable bonds is 4. The van der Waals surface area contributed by atoms with E-state index < -0.39 is 0 Å². The molecule has 24 heavy (non-hydrogen) atoms. The number of fused-ring (bicyclic) bond motifs is 1. The Morgan fingerprint density at radius 2 is 2.17 bits per heavy atom. The summed E-state index contributed by atoms with van der Waals surface area (Å²) in [6, 6.07) is 5.13. The maximum absolute atomic E-state index is 14.6. The van der Waals surface area contributed by atoms with E-state index in [1.165, 1.54) is 12.3 Å². The van der Waals surface area contributed by atoms with Crippen molar-refractivity contribution in [2.75, 3.05) is 37.1 Å². The summed E-state index contributed by atoms with van der Waals surface area (Å²) < 4.78 is 19.9. The predicted molar refractivity (Wildman–Crippen MR) is 96.3 cm³/mol. The molecular formula is C18H20FN3OS. The van der Waals surface area contributed by atoms with Gasteiger partial charge in [0.1, 0.15) is 23.2 Å². The molecule has 2 heterocycles. The molecule has 1 saturated heterocycles. The average Bonchev–Trinajstić information content (AvgIpc) is 2.62. The second-order valence-corrected chi connectivity index (χ2v) is 6.90. The zero-order valence-corrected chi connectivity index (χ0v) is 14.7. The van der Waals surface area contributed by atoms with Gasteiger partial charge in [-0.05, 0) is 42.9 Å². The quantitative estimate of drug-likeness (QED) is 0.843. The molecule has 6 heteroatoms.